The van der Waals surface area contributed by atoms with Crippen molar-refractivity contribution in [3.63, 3.8) is 0 Å². The molecule has 11 heteroatoms. The van der Waals surface area contributed by atoms with Crippen molar-refractivity contribution in [2.24, 2.45) is 0 Å². The lowest BCUT2D eigenvalue weighted by molar-refractivity contribution is -0.138. The fourth-order valence-electron chi connectivity index (χ4n) is 2.29. The van der Waals surface area contributed by atoms with E-state index in [1.165, 1.54) is 30.3 Å². The van der Waals surface area contributed by atoms with Gasteiger partial charge in [-0.25, -0.2) is 0 Å². The summed E-state index contributed by atoms with van der Waals surface area (Å²) in [5, 5.41) is 0.154. The van der Waals surface area contributed by atoms with Gasteiger partial charge >= 0.3 is 12.4 Å². The van der Waals surface area contributed by atoms with E-state index in [4.69, 9.17) is 9.47 Å². The summed E-state index contributed by atoms with van der Waals surface area (Å²) in [6.45, 7) is 0. The minimum Gasteiger partial charge on any atom is -0.439 e. The lowest BCUT2D eigenvalue weighted by atomic mass is 10.2. The van der Waals surface area contributed by atoms with Crippen molar-refractivity contribution in [1.82, 2.24) is 9.97 Å². The number of aromatic nitrogens is 2. The fraction of sp³-hybridized carbons (Fsp3) is 0.158. The van der Waals surface area contributed by atoms with E-state index in [1.807, 2.05) is 0 Å². The molecule has 0 radical (unpaired) electrons. The Hall–Kier alpha value is -2.95. The van der Waals surface area contributed by atoms with Crippen LogP contribution in [0.25, 0.3) is 0 Å². The minimum atomic E-state index is -4.55. The molecular formula is C19H12F6N2O2S. The molecule has 2 aromatic carbocycles. The Bertz CT molecular complexity index is 962. The predicted octanol–water partition coefficient (Wildman–Crippen LogP) is 6.82. The molecule has 3 rings (SSSR count). The number of benzene rings is 2. The summed E-state index contributed by atoms with van der Waals surface area (Å²) in [4.78, 5) is 8.05. The Morgan fingerprint density at radius 3 is 1.50 bits per heavy atom. The van der Waals surface area contributed by atoms with Crippen LogP contribution >= 0.6 is 11.8 Å². The number of ether oxygens (including phenoxy) is 2. The number of hydrogen-bond donors (Lipinski definition) is 0. The maximum atomic E-state index is 12.9. The van der Waals surface area contributed by atoms with E-state index in [2.05, 4.69) is 9.97 Å². The van der Waals surface area contributed by atoms with Gasteiger partial charge in [0.2, 0.25) is 11.8 Å². The van der Waals surface area contributed by atoms with Crippen molar-refractivity contribution in [2.45, 2.75) is 17.5 Å². The molecule has 0 bridgehead atoms. The molecule has 1 heterocycles. The van der Waals surface area contributed by atoms with Crippen molar-refractivity contribution in [2.75, 3.05) is 6.26 Å². The molecule has 3 aromatic rings. The van der Waals surface area contributed by atoms with Crippen LogP contribution in [0, 0.1) is 0 Å². The van der Waals surface area contributed by atoms with Gasteiger partial charge in [-0.3, -0.25) is 0 Å². The highest BCUT2D eigenvalue weighted by Gasteiger charge is 2.31. The van der Waals surface area contributed by atoms with Gasteiger partial charge in [-0.2, -0.15) is 36.3 Å². The van der Waals surface area contributed by atoms with Crippen molar-refractivity contribution >= 4 is 11.8 Å². The molecule has 0 aliphatic carbocycles. The second-order valence-corrected chi connectivity index (χ2v) is 6.56. The highest BCUT2D eigenvalue weighted by atomic mass is 32.2. The molecule has 0 aliphatic heterocycles. The highest BCUT2D eigenvalue weighted by Crippen LogP contribution is 2.35. The van der Waals surface area contributed by atoms with Gasteiger partial charge in [0, 0.05) is 0 Å². The third kappa shape index (κ3) is 5.56. The van der Waals surface area contributed by atoms with Gasteiger partial charge in [0.05, 0.1) is 17.2 Å². The van der Waals surface area contributed by atoms with Crippen LogP contribution in [0.5, 0.6) is 23.3 Å². The molecule has 0 aliphatic rings. The zero-order valence-corrected chi connectivity index (χ0v) is 15.9. The first-order valence-electron chi connectivity index (χ1n) is 8.18. The lowest BCUT2D eigenvalue weighted by Gasteiger charge is -2.12. The Morgan fingerprint density at radius 1 is 0.700 bits per heavy atom. The maximum absolute atomic E-state index is 12.9. The standard InChI is InChI=1S/C19H12F6N2O2S/c1-30-17-26-15(28-13-6-2-4-11(8-13)18(20,21)22)10-16(27-17)29-14-7-3-5-12(9-14)19(23,24)25/h2-10H,1H3. The smallest absolute Gasteiger partial charge is 0.416 e. The number of rotatable bonds is 5. The van der Waals surface area contributed by atoms with E-state index < -0.39 is 23.5 Å². The van der Waals surface area contributed by atoms with Crippen molar-refractivity contribution in [3.05, 3.63) is 65.7 Å². The monoisotopic (exact) mass is 446 g/mol. The second kappa shape index (κ2) is 8.42. The molecule has 1 aromatic heterocycles. The first kappa shape index (κ1) is 21.8. The van der Waals surface area contributed by atoms with Gasteiger partial charge in [-0.15, -0.1) is 0 Å². The van der Waals surface area contributed by atoms with E-state index in [1.54, 1.807) is 6.26 Å². The van der Waals surface area contributed by atoms with Gasteiger partial charge < -0.3 is 9.47 Å². The van der Waals surface area contributed by atoms with Crippen LogP contribution < -0.4 is 9.47 Å². The number of nitrogens with zero attached hydrogens (tertiary/aromatic N) is 2. The molecule has 0 unspecified atom stereocenters. The molecule has 0 N–H and O–H groups in total. The summed E-state index contributed by atoms with van der Waals surface area (Å²) < 4.78 is 88.0. The topological polar surface area (TPSA) is 44.2 Å². The lowest BCUT2D eigenvalue weighted by Crippen LogP contribution is -2.05. The van der Waals surface area contributed by atoms with E-state index in [0.29, 0.717) is 0 Å². The van der Waals surface area contributed by atoms with Crippen LogP contribution in [0.3, 0.4) is 0 Å². The van der Waals surface area contributed by atoms with E-state index in [0.717, 1.165) is 36.0 Å². The number of hydrogen-bond acceptors (Lipinski definition) is 5. The summed E-state index contributed by atoms with van der Waals surface area (Å²) in [5.41, 5.74) is -1.81. The van der Waals surface area contributed by atoms with E-state index in [-0.39, 0.29) is 28.4 Å². The van der Waals surface area contributed by atoms with Crippen LogP contribution in [0.2, 0.25) is 0 Å². The molecular weight excluding hydrogens is 434 g/mol. The van der Waals surface area contributed by atoms with Crippen LogP contribution in [0.15, 0.2) is 59.8 Å². The first-order valence-corrected chi connectivity index (χ1v) is 9.40. The highest BCUT2D eigenvalue weighted by molar-refractivity contribution is 7.98. The summed E-state index contributed by atoms with van der Waals surface area (Å²) in [6.07, 6.45) is -7.46. The van der Waals surface area contributed by atoms with Crippen molar-refractivity contribution < 1.29 is 35.8 Å². The fourth-order valence-corrected chi connectivity index (χ4v) is 2.66. The number of alkyl halides is 6. The number of halogens is 6. The van der Waals surface area contributed by atoms with Crippen LogP contribution in [-0.2, 0) is 12.4 Å². The molecule has 4 nitrogen and oxygen atoms in total. The van der Waals surface area contributed by atoms with Crippen LogP contribution in [0.1, 0.15) is 11.1 Å². The van der Waals surface area contributed by atoms with E-state index in [9.17, 15) is 26.3 Å². The van der Waals surface area contributed by atoms with Gasteiger partial charge in [0.1, 0.15) is 11.5 Å². The SMILES string of the molecule is CSc1nc(Oc2cccc(C(F)(F)F)c2)cc(Oc2cccc(C(F)(F)F)c2)n1. The molecule has 0 saturated heterocycles. The molecule has 0 spiro atoms. The average molecular weight is 446 g/mol. The van der Waals surface area contributed by atoms with Crippen molar-refractivity contribution in [1.29, 1.82) is 0 Å². The first-order chi connectivity index (χ1) is 14.0. The Balaban J connectivity index is 1.88. The summed E-state index contributed by atoms with van der Waals surface area (Å²) >= 11 is 1.09. The third-order valence-corrected chi connectivity index (χ3v) is 4.16. The minimum absolute atomic E-state index is 0.124. The van der Waals surface area contributed by atoms with Gasteiger partial charge in [-0.1, -0.05) is 23.9 Å². The normalized spacial score (nSPS) is 12.0. The molecule has 0 fully saturated rings. The Kier molecular flexibility index (Phi) is 6.11. The summed E-state index contributed by atoms with van der Waals surface area (Å²) in [5.74, 6) is -0.507. The molecule has 0 saturated carbocycles. The Morgan fingerprint density at radius 2 is 1.13 bits per heavy atom. The Labute approximate surface area is 170 Å². The number of thioether (sulfide) groups is 1. The molecule has 0 amide bonds. The van der Waals surface area contributed by atoms with Crippen LogP contribution in [-0.4, -0.2) is 16.2 Å². The molecule has 0 atom stereocenters. The largest absolute Gasteiger partial charge is 0.439 e. The van der Waals surface area contributed by atoms with Crippen molar-refractivity contribution in [3.8, 4) is 23.3 Å². The van der Waals surface area contributed by atoms with Gasteiger partial charge in [-0.05, 0) is 42.7 Å². The third-order valence-electron chi connectivity index (χ3n) is 3.61. The zero-order chi connectivity index (χ0) is 21.9. The summed E-state index contributed by atoms with van der Waals surface area (Å²) in [7, 11) is 0. The van der Waals surface area contributed by atoms with Gasteiger partial charge in [0.25, 0.3) is 0 Å². The average Bonchev–Trinajstić information content (AvgIpc) is 2.67. The summed E-state index contributed by atoms with van der Waals surface area (Å²) in [6, 6.07) is 9.52. The second-order valence-electron chi connectivity index (χ2n) is 5.79. The molecule has 158 valence electrons. The quantitative estimate of drug-likeness (QED) is 0.244. The molecule has 30 heavy (non-hydrogen) atoms. The van der Waals surface area contributed by atoms with Gasteiger partial charge in [0.15, 0.2) is 5.16 Å². The predicted molar refractivity (Wildman–Crippen MR) is 96.8 cm³/mol. The maximum Gasteiger partial charge on any atom is 0.416 e. The zero-order valence-electron chi connectivity index (χ0n) is 15.1. The van der Waals surface area contributed by atoms with Crippen LogP contribution in [0.4, 0.5) is 26.3 Å². The van der Waals surface area contributed by atoms with E-state index >= 15 is 0 Å².